The van der Waals surface area contributed by atoms with Crippen LogP contribution in [0.1, 0.15) is 47.0 Å². The first kappa shape index (κ1) is 13.2. The summed E-state index contributed by atoms with van der Waals surface area (Å²) in [7, 11) is 0. The van der Waals surface area contributed by atoms with E-state index < -0.39 is 0 Å². The Morgan fingerprint density at radius 2 is 1.86 bits per heavy atom. The predicted molar refractivity (Wildman–Crippen MR) is 59.1 cm³/mol. The number of ether oxygens (including phenoxy) is 1. The van der Waals surface area contributed by atoms with Gasteiger partial charge < -0.3 is 4.74 Å². The molecule has 0 aromatic heterocycles. The summed E-state index contributed by atoms with van der Waals surface area (Å²) < 4.78 is 5.07. The molecule has 0 saturated carbocycles. The molecule has 0 saturated heterocycles. The Balaban J connectivity index is 3.79. The second-order valence-electron chi connectivity index (χ2n) is 3.86. The van der Waals surface area contributed by atoms with E-state index in [-0.39, 0.29) is 5.97 Å². The molecule has 0 aliphatic carbocycles. The fourth-order valence-electron chi connectivity index (χ4n) is 1.06. The third kappa shape index (κ3) is 6.70. The van der Waals surface area contributed by atoms with Crippen LogP contribution in [-0.4, -0.2) is 12.6 Å². The van der Waals surface area contributed by atoms with Gasteiger partial charge in [0.15, 0.2) is 0 Å². The second-order valence-corrected chi connectivity index (χ2v) is 3.86. The first-order valence-electron chi connectivity index (χ1n) is 5.46. The van der Waals surface area contributed by atoms with E-state index >= 15 is 0 Å². The Kier molecular flexibility index (Phi) is 7.17. The summed E-state index contributed by atoms with van der Waals surface area (Å²) in [5.74, 6) is 0.396. The summed E-state index contributed by atoms with van der Waals surface area (Å²) in [4.78, 5) is 11.3. The first-order chi connectivity index (χ1) is 6.60. The average Bonchev–Trinajstić information content (AvgIpc) is 2.13. The molecular weight excluding hydrogens is 176 g/mol. The van der Waals surface area contributed by atoms with Crippen molar-refractivity contribution in [1.82, 2.24) is 0 Å². The van der Waals surface area contributed by atoms with Crippen molar-refractivity contribution in [3.8, 4) is 0 Å². The number of carbonyl (C=O) groups is 1. The molecule has 82 valence electrons. The summed E-state index contributed by atoms with van der Waals surface area (Å²) in [5, 5.41) is 0. The smallest absolute Gasteiger partial charge is 0.330 e. The Morgan fingerprint density at radius 1 is 1.29 bits per heavy atom. The van der Waals surface area contributed by atoms with Gasteiger partial charge in [-0.25, -0.2) is 4.79 Å². The van der Waals surface area contributed by atoms with E-state index in [9.17, 15) is 4.79 Å². The molecule has 0 heterocycles. The van der Waals surface area contributed by atoms with E-state index in [0.29, 0.717) is 12.5 Å². The van der Waals surface area contributed by atoms with Gasteiger partial charge in [-0.05, 0) is 25.2 Å². The van der Waals surface area contributed by atoms with Crippen LogP contribution in [-0.2, 0) is 9.53 Å². The predicted octanol–water partition coefficient (Wildman–Crippen LogP) is 3.32. The molecule has 2 nitrogen and oxygen atoms in total. The fraction of sp³-hybridized carbons (Fsp3) is 0.750. The Morgan fingerprint density at radius 3 is 2.29 bits per heavy atom. The van der Waals surface area contributed by atoms with Gasteiger partial charge in [0.1, 0.15) is 0 Å². The van der Waals surface area contributed by atoms with Gasteiger partial charge in [0, 0.05) is 6.08 Å². The molecule has 0 amide bonds. The van der Waals surface area contributed by atoms with Crippen LogP contribution in [0.25, 0.3) is 0 Å². The van der Waals surface area contributed by atoms with Crippen molar-refractivity contribution in [3.05, 3.63) is 11.6 Å². The van der Waals surface area contributed by atoms with Crippen molar-refractivity contribution in [2.75, 3.05) is 6.61 Å². The zero-order valence-electron chi connectivity index (χ0n) is 9.80. The summed E-state index contributed by atoms with van der Waals surface area (Å²) in [6.07, 6.45) is 4.42. The van der Waals surface area contributed by atoms with Crippen molar-refractivity contribution >= 4 is 5.97 Å². The largest absolute Gasteiger partial charge is 0.463 e. The van der Waals surface area contributed by atoms with E-state index in [1.807, 2.05) is 0 Å². The van der Waals surface area contributed by atoms with Crippen LogP contribution in [0.5, 0.6) is 0 Å². The van der Waals surface area contributed by atoms with Crippen LogP contribution in [0.4, 0.5) is 0 Å². The number of carbonyl (C=O) groups excluding carboxylic acids is 1. The zero-order chi connectivity index (χ0) is 11.0. The quantitative estimate of drug-likeness (QED) is 0.483. The third-order valence-corrected chi connectivity index (χ3v) is 2.17. The molecule has 0 aliphatic heterocycles. The maximum absolute atomic E-state index is 11.3. The average molecular weight is 198 g/mol. The fourth-order valence-corrected chi connectivity index (χ4v) is 1.06. The summed E-state index contributed by atoms with van der Waals surface area (Å²) >= 11 is 0. The molecule has 0 N–H and O–H groups in total. The van der Waals surface area contributed by atoms with Gasteiger partial charge in [-0.2, -0.15) is 0 Å². The molecule has 0 bridgehead atoms. The van der Waals surface area contributed by atoms with Crippen LogP contribution >= 0.6 is 0 Å². The third-order valence-electron chi connectivity index (χ3n) is 2.17. The molecule has 0 aliphatic rings. The summed E-state index contributed by atoms with van der Waals surface area (Å²) in [5.41, 5.74) is 1.15. The van der Waals surface area contributed by atoms with Gasteiger partial charge in [0.2, 0.25) is 0 Å². The second kappa shape index (κ2) is 7.60. The first-order valence-corrected chi connectivity index (χ1v) is 5.46. The lowest BCUT2D eigenvalue weighted by molar-refractivity contribution is -0.138. The summed E-state index contributed by atoms with van der Waals surface area (Å²) in [6, 6.07) is 0. The van der Waals surface area contributed by atoms with Crippen LogP contribution in [0.3, 0.4) is 0 Å². The molecule has 0 atom stereocenters. The maximum Gasteiger partial charge on any atom is 0.330 e. The summed E-state index contributed by atoms with van der Waals surface area (Å²) in [6.45, 7) is 8.88. The lowest BCUT2D eigenvalue weighted by Gasteiger charge is -2.05. The van der Waals surface area contributed by atoms with E-state index in [0.717, 1.165) is 24.8 Å². The van der Waals surface area contributed by atoms with Crippen molar-refractivity contribution in [2.45, 2.75) is 47.0 Å². The molecule has 0 rings (SSSR count). The minimum absolute atomic E-state index is 0.190. The van der Waals surface area contributed by atoms with Crippen LogP contribution in [0, 0.1) is 5.92 Å². The van der Waals surface area contributed by atoms with E-state index in [1.165, 1.54) is 0 Å². The van der Waals surface area contributed by atoms with Gasteiger partial charge >= 0.3 is 5.97 Å². The standard InChI is InChI=1S/C12H22O2/c1-5-11(6-2)9-12(13)14-8-7-10(3)4/h9-10H,5-8H2,1-4H3. The Labute approximate surface area is 87.3 Å². The van der Waals surface area contributed by atoms with Crippen LogP contribution in [0.2, 0.25) is 0 Å². The highest BCUT2D eigenvalue weighted by Gasteiger charge is 2.01. The highest BCUT2D eigenvalue weighted by Crippen LogP contribution is 2.06. The van der Waals surface area contributed by atoms with Gasteiger partial charge in [0.25, 0.3) is 0 Å². The van der Waals surface area contributed by atoms with Crippen LogP contribution in [0.15, 0.2) is 11.6 Å². The van der Waals surface area contributed by atoms with Gasteiger partial charge in [0.05, 0.1) is 6.61 Å². The molecule has 0 fully saturated rings. The minimum atomic E-state index is -0.190. The Bertz CT molecular complexity index is 186. The Hall–Kier alpha value is -0.790. The van der Waals surface area contributed by atoms with E-state index in [4.69, 9.17) is 4.74 Å². The van der Waals surface area contributed by atoms with E-state index in [2.05, 4.69) is 27.7 Å². The monoisotopic (exact) mass is 198 g/mol. The number of esters is 1. The van der Waals surface area contributed by atoms with Crippen LogP contribution < -0.4 is 0 Å². The number of allylic oxidation sites excluding steroid dienone is 1. The molecular formula is C12H22O2. The number of hydrogen-bond donors (Lipinski definition) is 0. The van der Waals surface area contributed by atoms with Gasteiger partial charge in [-0.1, -0.05) is 33.3 Å². The molecule has 0 aromatic rings. The lowest BCUT2D eigenvalue weighted by atomic mass is 10.1. The zero-order valence-corrected chi connectivity index (χ0v) is 9.80. The van der Waals surface area contributed by atoms with E-state index in [1.54, 1.807) is 6.08 Å². The minimum Gasteiger partial charge on any atom is -0.463 e. The molecule has 0 spiro atoms. The highest BCUT2D eigenvalue weighted by atomic mass is 16.5. The van der Waals surface area contributed by atoms with Crippen molar-refractivity contribution in [2.24, 2.45) is 5.92 Å². The molecule has 2 heteroatoms. The lowest BCUT2D eigenvalue weighted by Crippen LogP contribution is -2.05. The van der Waals surface area contributed by atoms with Crippen molar-refractivity contribution < 1.29 is 9.53 Å². The maximum atomic E-state index is 11.3. The van der Waals surface area contributed by atoms with Crippen molar-refractivity contribution in [1.29, 1.82) is 0 Å². The van der Waals surface area contributed by atoms with Gasteiger partial charge in [-0.3, -0.25) is 0 Å². The molecule has 0 aromatic carbocycles. The van der Waals surface area contributed by atoms with Crippen molar-refractivity contribution in [3.63, 3.8) is 0 Å². The topological polar surface area (TPSA) is 26.3 Å². The molecule has 0 unspecified atom stereocenters. The SMILES string of the molecule is CCC(=CC(=O)OCCC(C)C)CC. The number of rotatable bonds is 6. The number of hydrogen-bond acceptors (Lipinski definition) is 2. The molecule has 0 radical (unpaired) electrons. The normalized spacial score (nSPS) is 10.1. The van der Waals surface area contributed by atoms with Gasteiger partial charge in [-0.15, -0.1) is 0 Å². The molecule has 14 heavy (non-hydrogen) atoms. The highest BCUT2D eigenvalue weighted by molar-refractivity contribution is 5.82.